The number of unbranched alkanes of at least 4 members (excludes halogenated alkanes) is 13. The Kier molecular flexibility index (Phi) is 22.9. The van der Waals surface area contributed by atoms with Crippen molar-refractivity contribution in [1.82, 2.24) is 0 Å². The van der Waals surface area contributed by atoms with Gasteiger partial charge in [0.05, 0.1) is 26.7 Å². The average molecular weight is 404 g/mol. The van der Waals surface area contributed by atoms with Crippen LogP contribution in [-0.4, -0.2) is 31.2 Å². The first-order chi connectivity index (χ1) is 12.6. The van der Waals surface area contributed by atoms with Crippen LogP contribution in [0, 0.1) is 0 Å². The number of nitrogens with zero attached hydrogens (tertiary/aromatic N) is 1. The molecule has 0 atom stereocenters. The van der Waals surface area contributed by atoms with Gasteiger partial charge in [-0.3, -0.25) is 0 Å². The summed E-state index contributed by atoms with van der Waals surface area (Å²) in [4.78, 5) is 0. The standard InChI is InChI=1S/C25H54N.ClH/c1-6-9-12-15-16-17-18-21-24-26(4,5)25(22-19-13-10-7-2)23-20-14-11-8-3;/h25H,6-24H2,1-5H3;1H/q+1;/p-1. The predicted molar refractivity (Wildman–Crippen MR) is 121 cm³/mol. The minimum atomic E-state index is 0. The van der Waals surface area contributed by atoms with Crippen molar-refractivity contribution in [2.75, 3.05) is 20.6 Å². The van der Waals surface area contributed by atoms with Gasteiger partial charge in [-0.2, -0.15) is 0 Å². The lowest BCUT2D eigenvalue weighted by Crippen LogP contribution is -3.00. The Balaban J connectivity index is 0. The van der Waals surface area contributed by atoms with E-state index in [9.17, 15) is 0 Å². The molecule has 0 aliphatic carbocycles. The predicted octanol–water partition coefficient (Wildman–Crippen LogP) is 5.52. The van der Waals surface area contributed by atoms with E-state index >= 15 is 0 Å². The molecule has 0 unspecified atom stereocenters. The molecule has 2 heteroatoms. The molecular weight excluding hydrogens is 350 g/mol. The second-order valence-corrected chi connectivity index (χ2v) is 9.33. The minimum absolute atomic E-state index is 0. The van der Waals surface area contributed by atoms with Crippen molar-refractivity contribution in [3.8, 4) is 0 Å². The first kappa shape index (κ1) is 29.5. The van der Waals surface area contributed by atoms with Gasteiger partial charge in [-0.05, 0) is 38.5 Å². The maximum Gasteiger partial charge on any atom is 0.0886 e. The zero-order valence-corrected chi connectivity index (χ0v) is 20.6. The van der Waals surface area contributed by atoms with Crippen LogP contribution in [0.1, 0.15) is 136 Å². The zero-order valence-electron chi connectivity index (χ0n) is 19.8. The fourth-order valence-corrected chi connectivity index (χ4v) is 4.29. The Labute approximate surface area is 180 Å². The van der Waals surface area contributed by atoms with E-state index in [1.807, 2.05) is 0 Å². The quantitative estimate of drug-likeness (QED) is 0.185. The maximum absolute atomic E-state index is 2.52. The molecule has 0 aromatic heterocycles. The van der Waals surface area contributed by atoms with Gasteiger partial charge in [0.25, 0.3) is 0 Å². The molecule has 0 saturated heterocycles. The van der Waals surface area contributed by atoms with Crippen LogP contribution in [0.15, 0.2) is 0 Å². The molecule has 0 aliphatic heterocycles. The van der Waals surface area contributed by atoms with Crippen LogP contribution in [0.25, 0.3) is 0 Å². The molecule has 0 amide bonds. The summed E-state index contributed by atoms with van der Waals surface area (Å²) >= 11 is 0. The van der Waals surface area contributed by atoms with Crippen molar-refractivity contribution in [2.24, 2.45) is 0 Å². The van der Waals surface area contributed by atoms with Crippen molar-refractivity contribution in [1.29, 1.82) is 0 Å². The highest BCUT2D eigenvalue weighted by Crippen LogP contribution is 2.22. The topological polar surface area (TPSA) is 0 Å². The van der Waals surface area contributed by atoms with Crippen molar-refractivity contribution in [3.05, 3.63) is 0 Å². The third kappa shape index (κ3) is 18.0. The van der Waals surface area contributed by atoms with Crippen LogP contribution in [-0.2, 0) is 0 Å². The van der Waals surface area contributed by atoms with Crippen molar-refractivity contribution < 1.29 is 16.9 Å². The van der Waals surface area contributed by atoms with Gasteiger partial charge in [0.1, 0.15) is 0 Å². The highest BCUT2D eigenvalue weighted by atomic mass is 35.5. The van der Waals surface area contributed by atoms with Crippen LogP contribution in [0.2, 0.25) is 0 Å². The van der Waals surface area contributed by atoms with E-state index in [2.05, 4.69) is 34.9 Å². The fraction of sp³-hybridized carbons (Fsp3) is 1.00. The second kappa shape index (κ2) is 21.0. The maximum atomic E-state index is 2.52. The lowest BCUT2D eigenvalue weighted by atomic mass is 9.97. The highest BCUT2D eigenvalue weighted by molar-refractivity contribution is 4.61. The van der Waals surface area contributed by atoms with Gasteiger partial charge in [-0.25, -0.2) is 0 Å². The summed E-state index contributed by atoms with van der Waals surface area (Å²) in [6.45, 7) is 8.34. The number of halogens is 1. The summed E-state index contributed by atoms with van der Waals surface area (Å²) in [5.74, 6) is 0. The van der Waals surface area contributed by atoms with Crippen LogP contribution in [0.4, 0.5) is 0 Å². The van der Waals surface area contributed by atoms with Gasteiger partial charge in [0, 0.05) is 0 Å². The fourth-order valence-electron chi connectivity index (χ4n) is 4.29. The molecule has 0 spiro atoms. The SMILES string of the molecule is CCCCCCCCCC[N+](C)(C)C(CCCCCC)CCCCCC.[Cl-]. The first-order valence-electron chi connectivity index (χ1n) is 12.4. The Morgan fingerprint density at radius 1 is 0.481 bits per heavy atom. The second-order valence-electron chi connectivity index (χ2n) is 9.33. The van der Waals surface area contributed by atoms with Crippen molar-refractivity contribution in [3.63, 3.8) is 0 Å². The van der Waals surface area contributed by atoms with Gasteiger partial charge in [-0.15, -0.1) is 0 Å². The summed E-state index contributed by atoms with van der Waals surface area (Å²) in [6.07, 6.45) is 25.8. The number of hydrogen-bond acceptors (Lipinski definition) is 0. The molecule has 0 heterocycles. The smallest absolute Gasteiger partial charge is 0.0886 e. The molecule has 0 aromatic rings. The highest BCUT2D eigenvalue weighted by Gasteiger charge is 2.26. The average Bonchev–Trinajstić information content (AvgIpc) is 2.62. The third-order valence-corrected chi connectivity index (χ3v) is 6.36. The van der Waals surface area contributed by atoms with E-state index in [1.54, 1.807) is 0 Å². The molecule has 1 nitrogen and oxygen atoms in total. The van der Waals surface area contributed by atoms with E-state index in [1.165, 1.54) is 127 Å². The first-order valence-corrected chi connectivity index (χ1v) is 12.4. The van der Waals surface area contributed by atoms with E-state index in [-0.39, 0.29) is 12.4 Å². The van der Waals surface area contributed by atoms with E-state index < -0.39 is 0 Å². The number of rotatable bonds is 20. The normalized spacial score (nSPS) is 11.8. The van der Waals surface area contributed by atoms with E-state index in [4.69, 9.17) is 0 Å². The van der Waals surface area contributed by atoms with E-state index in [0.29, 0.717) is 0 Å². The van der Waals surface area contributed by atoms with Gasteiger partial charge in [-0.1, -0.05) is 97.8 Å². The number of hydrogen-bond donors (Lipinski definition) is 0. The molecule has 0 fully saturated rings. The number of quaternary nitrogens is 1. The Morgan fingerprint density at radius 3 is 1.22 bits per heavy atom. The van der Waals surface area contributed by atoms with E-state index in [0.717, 1.165) is 6.04 Å². The molecule has 0 aliphatic rings. The lowest BCUT2D eigenvalue weighted by Gasteiger charge is -2.39. The molecule has 166 valence electrons. The Morgan fingerprint density at radius 2 is 0.815 bits per heavy atom. The summed E-state index contributed by atoms with van der Waals surface area (Å²) in [5.41, 5.74) is 0. The molecule has 27 heavy (non-hydrogen) atoms. The van der Waals surface area contributed by atoms with Crippen LogP contribution < -0.4 is 12.4 Å². The summed E-state index contributed by atoms with van der Waals surface area (Å²) in [7, 11) is 5.04. The third-order valence-electron chi connectivity index (χ3n) is 6.36. The Hall–Kier alpha value is 0.250. The monoisotopic (exact) mass is 403 g/mol. The van der Waals surface area contributed by atoms with Crippen LogP contribution >= 0.6 is 0 Å². The van der Waals surface area contributed by atoms with Gasteiger partial charge in [0.15, 0.2) is 0 Å². The van der Waals surface area contributed by atoms with Gasteiger partial charge in [0.2, 0.25) is 0 Å². The largest absolute Gasteiger partial charge is 1.00 e. The molecule has 0 aromatic carbocycles. The zero-order chi connectivity index (χ0) is 19.5. The lowest BCUT2D eigenvalue weighted by molar-refractivity contribution is -0.916. The van der Waals surface area contributed by atoms with Crippen molar-refractivity contribution >= 4 is 0 Å². The molecule has 0 N–H and O–H groups in total. The van der Waals surface area contributed by atoms with Crippen LogP contribution in [0.5, 0.6) is 0 Å². The van der Waals surface area contributed by atoms with Gasteiger partial charge < -0.3 is 16.9 Å². The summed E-state index contributed by atoms with van der Waals surface area (Å²) in [5, 5.41) is 0. The minimum Gasteiger partial charge on any atom is -1.00 e. The molecule has 0 saturated carbocycles. The van der Waals surface area contributed by atoms with Crippen molar-refractivity contribution in [2.45, 2.75) is 142 Å². The Bertz CT molecular complexity index is 265. The van der Waals surface area contributed by atoms with Crippen LogP contribution in [0.3, 0.4) is 0 Å². The molecule has 0 rings (SSSR count). The summed E-state index contributed by atoms with van der Waals surface area (Å²) in [6, 6.07) is 0.897. The molecule has 0 bridgehead atoms. The van der Waals surface area contributed by atoms with Gasteiger partial charge >= 0.3 is 0 Å². The molecule has 0 radical (unpaired) electrons. The molecular formula is C25H54ClN. The summed E-state index contributed by atoms with van der Waals surface area (Å²) < 4.78 is 1.27.